The summed E-state index contributed by atoms with van der Waals surface area (Å²) >= 11 is 1.60. The van der Waals surface area contributed by atoms with Crippen molar-refractivity contribution >= 4 is 23.0 Å². The standard InChI is InChI=1S/C27H30N6O2S/c1-21(24-8-5-17-36-24)30-35-20-26(34)31-13-9-23(10-14-31)27-29-12-16-33(27)19-25-28-11-15-32(25)18-22-6-3-2-4-7-22/h2-8,11-12,15-17,23H,9-10,13-14,18-20H2,1H3. The Hall–Kier alpha value is -3.72. The predicted molar refractivity (Wildman–Crippen MR) is 140 cm³/mol. The number of amides is 1. The number of aromatic nitrogens is 4. The van der Waals surface area contributed by atoms with Gasteiger partial charge in [-0.3, -0.25) is 4.79 Å². The number of hydrogen-bond donors (Lipinski definition) is 0. The summed E-state index contributed by atoms with van der Waals surface area (Å²) in [4.78, 5) is 30.2. The van der Waals surface area contributed by atoms with Crippen LogP contribution in [0.3, 0.4) is 0 Å². The van der Waals surface area contributed by atoms with Crippen LogP contribution in [0.1, 0.15) is 47.8 Å². The van der Waals surface area contributed by atoms with Gasteiger partial charge in [-0.05, 0) is 36.8 Å². The van der Waals surface area contributed by atoms with E-state index in [1.807, 2.05) is 60.2 Å². The molecule has 0 saturated carbocycles. The summed E-state index contributed by atoms with van der Waals surface area (Å²) in [5.41, 5.74) is 2.03. The van der Waals surface area contributed by atoms with Gasteiger partial charge >= 0.3 is 0 Å². The zero-order valence-corrected chi connectivity index (χ0v) is 21.2. The van der Waals surface area contributed by atoms with E-state index < -0.39 is 0 Å². The van der Waals surface area contributed by atoms with E-state index in [1.165, 1.54) is 5.56 Å². The maximum Gasteiger partial charge on any atom is 0.263 e. The molecule has 1 amide bonds. The van der Waals surface area contributed by atoms with Gasteiger partial charge in [0.05, 0.1) is 17.1 Å². The molecule has 0 atom stereocenters. The maximum absolute atomic E-state index is 12.6. The van der Waals surface area contributed by atoms with Crippen molar-refractivity contribution in [1.82, 2.24) is 24.0 Å². The summed E-state index contributed by atoms with van der Waals surface area (Å²) in [6.07, 6.45) is 9.51. The molecule has 0 unspecified atom stereocenters. The Morgan fingerprint density at radius 3 is 2.58 bits per heavy atom. The third-order valence-corrected chi connectivity index (χ3v) is 7.52. The third kappa shape index (κ3) is 5.73. The molecule has 4 heterocycles. The first-order valence-corrected chi connectivity index (χ1v) is 13.1. The van der Waals surface area contributed by atoms with Crippen LogP contribution in [0.5, 0.6) is 0 Å². The Bertz CT molecular complexity index is 1290. The third-order valence-electron chi connectivity index (χ3n) is 6.54. The smallest absolute Gasteiger partial charge is 0.263 e. The summed E-state index contributed by atoms with van der Waals surface area (Å²) in [6.45, 7) is 4.69. The Balaban J connectivity index is 1.14. The van der Waals surface area contributed by atoms with E-state index >= 15 is 0 Å². The number of nitrogens with zero attached hydrogens (tertiary/aromatic N) is 6. The van der Waals surface area contributed by atoms with Crippen LogP contribution in [-0.4, -0.2) is 55.3 Å². The summed E-state index contributed by atoms with van der Waals surface area (Å²) in [6, 6.07) is 14.4. The van der Waals surface area contributed by atoms with Crippen LogP contribution >= 0.6 is 11.3 Å². The minimum Gasteiger partial charge on any atom is -0.385 e. The molecular formula is C27H30N6O2S. The highest BCUT2D eigenvalue weighted by molar-refractivity contribution is 7.12. The average Bonchev–Trinajstić information content (AvgIpc) is 3.68. The fourth-order valence-corrected chi connectivity index (χ4v) is 5.24. The van der Waals surface area contributed by atoms with Crippen molar-refractivity contribution in [3.05, 3.63) is 94.7 Å². The van der Waals surface area contributed by atoms with Gasteiger partial charge in [-0.1, -0.05) is 41.6 Å². The second-order valence-corrected chi connectivity index (χ2v) is 9.90. The number of rotatable bonds is 9. The molecule has 1 saturated heterocycles. The number of imidazole rings is 2. The van der Waals surface area contributed by atoms with Crippen molar-refractivity contribution in [3.8, 4) is 0 Å². The molecule has 5 rings (SSSR count). The zero-order chi connectivity index (χ0) is 24.7. The number of hydrogen-bond acceptors (Lipinski definition) is 6. The first-order chi connectivity index (χ1) is 17.7. The second-order valence-electron chi connectivity index (χ2n) is 8.95. The normalized spacial score (nSPS) is 14.8. The lowest BCUT2D eigenvalue weighted by atomic mass is 9.96. The summed E-state index contributed by atoms with van der Waals surface area (Å²) in [5, 5.41) is 6.09. The van der Waals surface area contributed by atoms with Crippen molar-refractivity contribution < 1.29 is 9.63 Å². The highest BCUT2D eigenvalue weighted by Gasteiger charge is 2.27. The van der Waals surface area contributed by atoms with Crippen LogP contribution in [-0.2, 0) is 22.7 Å². The van der Waals surface area contributed by atoms with Crippen LogP contribution in [0.25, 0.3) is 0 Å². The van der Waals surface area contributed by atoms with Crippen molar-refractivity contribution in [2.24, 2.45) is 5.16 Å². The molecule has 0 aliphatic carbocycles. The molecule has 186 valence electrons. The van der Waals surface area contributed by atoms with Gasteiger partial charge in [0.15, 0.2) is 6.61 Å². The largest absolute Gasteiger partial charge is 0.385 e. The average molecular weight is 503 g/mol. The molecular weight excluding hydrogens is 472 g/mol. The van der Waals surface area contributed by atoms with Crippen molar-refractivity contribution in [3.63, 3.8) is 0 Å². The van der Waals surface area contributed by atoms with Crippen LogP contribution in [0.4, 0.5) is 0 Å². The quantitative estimate of drug-likeness (QED) is 0.251. The Kier molecular flexibility index (Phi) is 7.56. The van der Waals surface area contributed by atoms with E-state index in [2.05, 4.69) is 48.5 Å². The lowest BCUT2D eigenvalue weighted by molar-refractivity contribution is -0.137. The molecule has 1 aromatic carbocycles. The van der Waals surface area contributed by atoms with Gasteiger partial charge in [0, 0.05) is 50.3 Å². The number of likely N-dealkylation sites (tertiary alicyclic amines) is 1. The summed E-state index contributed by atoms with van der Waals surface area (Å²) in [7, 11) is 0. The van der Waals surface area contributed by atoms with E-state index in [4.69, 9.17) is 4.84 Å². The first-order valence-electron chi connectivity index (χ1n) is 12.2. The number of carbonyl (C=O) groups is 1. The van der Waals surface area contributed by atoms with Crippen LogP contribution in [0.15, 0.2) is 77.8 Å². The highest BCUT2D eigenvalue weighted by Crippen LogP contribution is 2.27. The summed E-state index contributed by atoms with van der Waals surface area (Å²) < 4.78 is 4.38. The molecule has 36 heavy (non-hydrogen) atoms. The van der Waals surface area contributed by atoms with Gasteiger partial charge in [-0.15, -0.1) is 11.3 Å². The molecule has 0 bridgehead atoms. The Labute approximate surface area is 214 Å². The van der Waals surface area contributed by atoms with Crippen LogP contribution in [0, 0.1) is 0 Å². The maximum atomic E-state index is 12.6. The van der Waals surface area contributed by atoms with Gasteiger partial charge in [-0.25, -0.2) is 9.97 Å². The first kappa shape index (κ1) is 24.0. The molecule has 1 fully saturated rings. The molecule has 8 nitrogen and oxygen atoms in total. The number of benzene rings is 1. The lowest BCUT2D eigenvalue weighted by Gasteiger charge is -2.31. The fraction of sp³-hybridized carbons (Fsp3) is 0.333. The van der Waals surface area contributed by atoms with Gasteiger partial charge in [-0.2, -0.15) is 0 Å². The Morgan fingerprint density at radius 1 is 1.03 bits per heavy atom. The van der Waals surface area contributed by atoms with E-state index in [0.717, 1.165) is 41.6 Å². The van der Waals surface area contributed by atoms with E-state index in [-0.39, 0.29) is 12.5 Å². The van der Waals surface area contributed by atoms with E-state index in [1.54, 1.807) is 11.3 Å². The molecule has 4 aromatic rings. The number of carbonyl (C=O) groups excluding carboxylic acids is 1. The lowest BCUT2D eigenvalue weighted by Crippen LogP contribution is -2.40. The molecule has 9 heteroatoms. The fourth-order valence-electron chi connectivity index (χ4n) is 4.57. The summed E-state index contributed by atoms with van der Waals surface area (Å²) in [5.74, 6) is 2.34. The molecule has 0 radical (unpaired) electrons. The predicted octanol–water partition coefficient (Wildman–Crippen LogP) is 4.38. The van der Waals surface area contributed by atoms with Gasteiger partial charge < -0.3 is 18.9 Å². The van der Waals surface area contributed by atoms with E-state index in [0.29, 0.717) is 25.6 Å². The SMILES string of the molecule is CC(=NOCC(=O)N1CCC(c2nccn2Cc2nccn2Cc2ccccc2)CC1)c1cccs1. The minimum absolute atomic E-state index is 0.0255. The van der Waals surface area contributed by atoms with Crippen molar-refractivity contribution in [1.29, 1.82) is 0 Å². The number of oxime groups is 1. The van der Waals surface area contributed by atoms with Gasteiger partial charge in [0.2, 0.25) is 0 Å². The van der Waals surface area contributed by atoms with Gasteiger partial charge in [0.25, 0.3) is 5.91 Å². The number of thiophene rings is 1. The van der Waals surface area contributed by atoms with Crippen molar-refractivity contribution in [2.45, 2.75) is 38.8 Å². The second kappa shape index (κ2) is 11.3. The molecule has 1 aliphatic rings. The number of piperidine rings is 1. The van der Waals surface area contributed by atoms with Crippen LogP contribution in [0.2, 0.25) is 0 Å². The van der Waals surface area contributed by atoms with E-state index in [9.17, 15) is 4.79 Å². The zero-order valence-electron chi connectivity index (χ0n) is 20.4. The molecule has 0 N–H and O–H groups in total. The minimum atomic E-state index is -0.0356. The van der Waals surface area contributed by atoms with Crippen molar-refractivity contribution in [2.75, 3.05) is 19.7 Å². The highest BCUT2D eigenvalue weighted by atomic mass is 32.1. The monoisotopic (exact) mass is 502 g/mol. The van der Waals surface area contributed by atoms with Crippen LogP contribution < -0.4 is 0 Å². The molecule has 1 aliphatic heterocycles. The van der Waals surface area contributed by atoms with Gasteiger partial charge in [0.1, 0.15) is 11.6 Å². The molecule has 3 aromatic heterocycles. The topological polar surface area (TPSA) is 77.5 Å². The molecule has 0 spiro atoms. The Morgan fingerprint density at radius 2 is 1.81 bits per heavy atom.